The Morgan fingerprint density at radius 1 is 0.949 bits per heavy atom. The second-order valence-corrected chi connectivity index (χ2v) is 10.4. The van der Waals surface area contributed by atoms with E-state index in [4.69, 9.17) is 9.72 Å². The summed E-state index contributed by atoms with van der Waals surface area (Å²) in [5, 5.41) is 6.35. The summed E-state index contributed by atoms with van der Waals surface area (Å²) in [6.07, 6.45) is 5.77. The van der Waals surface area contributed by atoms with Gasteiger partial charge in [0.1, 0.15) is 17.2 Å². The highest BCUT2D eigenvalue weighted by Gasteiger charge is 2.15. The number of carbonyl (C=O) groups excluding carboxylic acids is 1. The van der Waals surface area contributed by atoms with Crippen LogP contribution in [-0.2, 0) is 18.9 Å². The predicted molar refractivity (Wildman–Crippen MR) is 154 cm³/mol. The van der Waals surface area contributed by atoms with E-state index >= 15 is 0 Å². The van der Waals surface area contributed by atoms with E-state index in [1.54, 1.807) is 30.7 Å². The van der Waals surface area contributed by atoms with Gasteiger partial charge in [-0.2, -0.15) is 0 Å². The Labute approximate surface area is 228 Å². The molecule has 5 rings (SSSR count). The van der Waals surface area contributed by atoms with Gasteiger partial charge >= 0.3 is 0 Å². The number of hydrogen-bond donors (Lipinski definition) is 2. The molecule has 8 heteroatoms. The zero-order valence-corrected chi connectivity index (χ0v) is 22.6. The number of nitrogens with zero attached hydrogens (tertiary/aromatic N) is 4. The van der Waals surface area contributed by atoms with E-state index in [-0.39, 0.29) is 11.3 Å². The largest absolute Gasteiger partial charge is 0.457 e. The second kappa shape index (κ2) is 10.9. The summed E-state index contributed by atoms with van der Waals surface area (Å²) in [5.41, 5.74) is 5.47. The Balaban J connectivity index is 1.27. The molecule has 0 saturated carbocycles. The standard InChI is InChI=1S/C31H32N6O2/c1-31(2,3)22-6-5-7-23(18-22)35-30-36-26-19-24(8-9-28(26)37(30)4)39-25-13-17-33-27(20-25)29(38)34-16-12-21-10-14-32-15-11-21/h5-11,13-15,17-20H,12,16H2,1-4H3,(H,34,38)(H,35,36). The molecule has 1 amide bonds. The second-order valence-electron chi connectivity index (χ2n) is 10.4. The molecule has 0 aliphatic heterocycles. The first-order valence-electron chi connectivity index (χ1n) is 12.9. The molecule has 2 aromatic carbocycles. The summed E-state index contributed by atoms with van der Waals surface area (Å²) >= 11 is 0. The van der Waals surface area contributed by atoms with Crippen molar-refractivity contribution in [3.63, 3.8) is 0 Å². The molecule has 2 N–H and O–H groups in total. The third-order valence-corrected chi connectivity index (χ3v) is 6.49. The van der Waals surface area contributed by atoms with E-state index in [1.165, 1.54) is 5.56 Å². The molecular weight excluding hydrogens is 488 g/mol. The molecule has 0 aliphatic carbocycles. The quantitative estimate of drug-likeness (QED) is 0.254. The first-order valence-corrected chi connectivity index (χ1v) is 12.9. The normalized spacial score (nSPS) is 11.4. The fraction of sp³-hybridized carbons (Fsp3) is 0.226. The summed E-state index contributed by atoms with van der Waals surface area (Å²) in [4.78, 5) is 25.6. The number of imidazole rings is 1. The maximum Gasteiger partial charge on any atom is 0.270 e. The molecular formula is C31H32N6O2. The van der Waals surface area contributed by atoms with Gasteiger partial charge in [-0.15, -0.1) is 0 Å². The van der Waals surface area contributed by atoms with Gasteiger partial charge in [0.05, 0.1) is 11.0 Å². The average Bonchev–Trinajstić information content (AvgIpc) is 3.23. The highest BCUT2D eigenvalue weighted by Crippen LogP contribution is 2.30. The van der Waals surface area contributed by atoms with Crippen LogP contribution in [0.5, 0.6) is 11.5 Å². The van der Waals surface area contributed by atoms with Crippen LogP contribution < -0.4 is 15.4 Å². The lowest BCUT2D eigenvalue weighted by Gasteiger charge is -2.20. The summed E-state index contributed by atoms with van der Waals surface area (Å²) in [7, 11) is 1.98. The molecule has 0 atom stereocenters. The van der Waals surface area contributed by atoms with Crippen LogP contribution in [0.15, 0.2) is 85.3 Å². The van der Waals surface area contributed by atoms with Crippen molar-refractivity contribution in [1.29, 1.82) is 0 Å². The van der Waals surface area contributed by atoms with Gasteiger partial charge < -0.3 is 19.9 Å². The molecule has 0 spiro atoms. The predicted octanol–water partition coefficient (Wildman–Crippen LogP) is 6.17. The molecule has 0 saturated heterocycles. The topological polar surface area (TPSA) is 94.0 Å². The molecule has 3 heterocycles. The number of pyridine rings is 2. The van der Waals surface area contributed by atoms with Crippen molar-refractivity contribution in [2.24, 2.45) is 7.05 Å². The smallest absolute Gasteiger partial charge is 0.270 e. The summed E-state index contributed by atoms with van der Waals surface area (Å²) < 4.78 is 8.09. The van der Waals surface area contributed by atoms with Crippen molar-refractivity contribution in [3.05, 3.63) is 102 Å². The van der Waals surface area contributed by atoms with E-state index in [2.05, 4.69) is 59.6 Å². The van der Waals surface area contributed by atoms with Gasteiger partial charge in [-0.3, -0.25) is 14.8 Å². The van der Waals surface area contributed by atoms with Crippen molar-refractivity contribution in [1.82, 2.24) is 24.8 Å². The van der Waals surface area contributed by atoms with Crippen LogP contribution in [-0.4, -0.2) is 32.0 Å². The number of ether oxygens (including phenoxy) is 1. The number of aromatic nitrogens is 4. The van der Waals surface area contributed by atoms with Gasteiger partial charge in [0.15, 0.2) is 0 Å². The van der Waals surface area contributed by atoms with Gasteiger partial charge in [0.2, 0.25) is 5.95 Å². The number of amides is 1. The molecule has 0 unspecified atom stereocenters. The number of carbonyl (C=O) groups is 1. The van der Waals surface area contributed by atoms with Crippen molar-refractivity contribution < 1.29 is 9.53 Å². The van der Waals surface area contributed by atoms with Crippen molar-refractivity contribution in [2.75, 3.05) is 11.9 Å². The first-order chi connectivity index (χ1) is 18.8. The van der Waals surface area contributed by atoms with E-state index in [1.807, 2.05) is 48.0 Å². The Morgan fingerprint density at radius 2 is 1.74 bits per heavy atom. The van der Waals surface area contributed by atoms with E-state index in [0.717, 1.165) is 28.2 Å². The van der Waals surface area contributed by atoms with Gasteiger partial charge in [-0.25, -0.2) is 4.98 Å². The maximum atomic E-state index is 12.6. The number of anilines is 2. The summed E-state index contributed by atoms with van der Waals surface area (Å²) in [6, 6.07) is 21.4. The van der Waals surface area contributed by atoms with Crippen LogP contribution in [0.3, 0.4) is 0 Å². The lowest BCUT2D eigenvalue weighted by molar-refractivity contribution is 0.0949. The van der Waals surface area contributed by atoms with Gasteiger partial charge in [0, 0.05) is 50.0 Å². The molecule has 0 radical (unpaired) electrons. The molecule has 0 bridgehead atoms. The molecule has 5 aromatic rings. The van der Waals surface area contributed by atoms with Crippen LogP contribution in [0.25, 0.3) is 11.0 Å². The number of rotatable bonds is 8. The lowest BCUT2D eigenvalue weighted by Crippen LogP contribution is -2.26. The number of nitrogens with one attached hydrogen (secondary N) is 2. The molecule has 0 fully saturated rings. The third-order valence-electron chi connectivity index (χ3n) is 6.49. The van der Waals surface area contributed by atoms with Crippen molar-refractivity contribution >= 4 is 28.6 Å². The van der Waals surface area contributed by atoms with E-state index in [0.29, 0.717) is 30.2 Å². The van der Waals surface area contributed by atoms with Crippen molar-refractivity contribution in [2.45, 2.75) is 32.6 Å². The third kappa shape index (κ3) is 6.23. The Morgan fingerprint density at radius 3 is 2.54 bits per heavy atom. The fourth-order valence-corrected chi connectivity index (χ4v) is 4.24. The monoisotopic (exact) mass is 520 g/mol. The maximum absolute atomic E-state index is 12.6. The Kier molecular flexibility index (Phi) is 7.27. The number of aryl methyl sites for hydroxylation is 1. The highest BCUT2D eigenvalue weighted by molar-refractivity contribution is 5.92. The minimum atomic E-state index is -0.249. The average molecular weight is 521 g/mol. The Bertz CT molecular complexity index is 1610. The highest BCUT2D eigenvalue weighted by atomic mass is 16.5. The van der Waals surface area contributed by atoms with Crippen LogP contribution in [0.1, 0.15) is 42.4 Å². The van der Waals surface area contributed by atoms with Gasteiger partial charge in [-0.05, 0) is 65.4 Å². The number of fused-ring (bicyclic) bond motifs is 1. The molecule has 8 nitrogen and oxygen atoms in total. The zero-order valence-electron chi connectivity index (χ0n) is 22.6. The Hall–Kier alpha value is -4.72. The number of hydrogen-bond acceptors (Lipinski definition) is 6. The molecule has 0 aliphatic rings. The lowest BCUT2D eigenvalue weighted by atomic mass is 9.87. The van der Waals surface area contributed by atoms with Crippen molar-refractivity contribution in [3.8, 4) is 11.5 Å². The van der Waals surface area contributed by atoms with Gasteiger partial charge in [-0.1, -0.05) is 32.9 Å². The molecule has 3 aromatic heterocycles. The summed E-state index contributed by atoms with van der Waals surface area (Å²) in [6.45, 7) is 7.10. The molecule has 198 valence electrons. The first kappa shape index (κ1) is 25.9. The minimum absolute atomic E-state index is 0.0594. The van der Waals surface area contributed by atoms with Crippen LogP contribution in [0, 0.1) is 0 Å². The molecule has 39 heavy (non-hydrogen) atoms. The number of benzene rings is 2. The van der Waals surface area contributed by atoms with Gasteiger partial charge in [0.25, 0.3) is 5.91 Å². The van der Waals surface area contributed by atoms with E-state index in [9.17, 15) is 4.79 Å². The summed E-state index contributed by atoms with van der Waals surface area (Å²) in [5.74, 6) is 1.64. The van der Waals surface area contributed by atoms with E-state index < -0.39 is 0 Å². The van der Waals surface area contributed by atoms with Crippen LogP contribution >= 0.6 is 0 Å². The minimum Gasteiger partial charge on any atom is -0.457 e. The SMILES string of the molecule is Cn1c(Nc2cccc(C(C)(C)C)c2)nc2cc(Oc3ccnc(C(=O)NCCc4ccncc4)c3)ccc21. The fourth-order valence-electron chi connectivity index (χ4n) is 4.24. The zero-order chi connectivity index (χ0) is 27.4. The van der Waals surface area contributed by atoms with Crippen LogP contribution in [0.4, 0.5) is 11.6 Å². The van der Waals surface area contributed by atoms with Crippen LogP contribution in [0.2, 0.25) is 0 Å².